The van der Waals surface area contributed by atoms with Gasteiger partial charge in [-0.1, -0.05) is 0 Å². The second kappa shape index (κ2) is 8.04. The van der Waals surface area contributed by atoms with Crippen LogP contribution in [0.1, 0.15) is 6.42 Å². The summed E-state index contributed by atoms with van der Waals surface area (Å²) in [5.41, 5.74) is 4.35. The molecular formula is C14H21FN4O5S. The van der Waals surface area contributed by atoms with Gasteiger partial charge in [-0.3, -0.25) is 15.0 Å². The first-order valence-corrected chi connectivity index (χ1v) is 9.16. The van der Waals surface area contributed by atoms with Crippen molar-refractivity contribution in [3.8, 4) is 0 Å². The summed E-state index contributed by atoms with van der Waals surface area (Å²) in [6.45, 7) is 2.76. The second-order valence-corrected chi connectivity index (χ2v) is 7.60. The highest BCUT2D eigenvalue weighted by molar-refractivity contribution is 7.89. The summed E-state index contributed by atoms with van der Waals surface area (Å²) in [7, 11) is -2.60. The molecule has 11 heteroatoms. The first-order valence-electron chi connectivity index (χ1n) is 7.72. The molecule has 1 saturated heterocycles. The number of hydrogen-bond donors (Lipinski definition) is 1. The van der Waals surface area contributed by atoms with E-state index in [9.17, 15) is 22.9 Å². The molecule has 0 amide bonds. The Kier molecular flexibility index (Phi) is 6.27. The summed E-state index contributed by atoms with van der Waals surface area (Å²) in [4.78, 5) is 11.5. The maximum atomic E-state index is 14.2. The van der Waals surface area contributed by atoms with Gasteiger partial charge in [0, 0.05) is 45.4 Å². The third-order valence-corrected chi connectivity index (χ3v) is 5.97. The van der Waals surface area contributed by atoms with Gasteiger partial charge in [-0.05, 0) is 13.0 Å². The highest BCUT2D eigenvalue weighted by Crippen LogP contribution is 2.29. The van der Waals surface area contributed by atoms with Crippen LogP contribution < -0.4 is 5.73 Å². The number of nitrogens with two attached hydrogens (primary N) is 1. The molecule has 1 aliphatic heterocycles. The Morgan fingerprint density at radius 2 is 2.04 bits per heavy atom. The SMILES string of the molecule is COCCN1CCCN(S(=O)(=O)c2cc([N+](=O)[O-])c(N)cc2F)CC1. The summed E-state index contributed by atoms with van der Waals surface area (Å²) < 4.78 is 45.8. The van der Waals surface area contributed by atoms with Crippen molar-refractivity contribution in [2.45, 2.75) is 11.3 Å². The first-order chi connectivity index (χ1) is 11.8. The molecule has 0 atom stereocenters. The minimum absolute atomic E-state index is 0.170. The van der Waals surface area contributed by atoms with Gasteiger partial charge >= 0.3 is 0 Å². The number of rotatable bonds is 6. The van der Waals surface area contributed by atoms with Gasteiger partial charge in [0.15, 0.2) is 0 Å². The molecule has 1 fully saturated rings. The van der Waals surface area contributed by atoms with Crippen LogP contribution in [-0.4, -0.2) is 69.0 Å². The van der Waals surface area contributed by atoms with Crippen molar-refractivity contribution in [3.05, 3.63) is 28.1 Å². The molecule has 1 aromatic carbocycles. The van der Waals surface area contributed by atoms with E-state index in [1.54, 1.807) is 7.11 Å². The maximum Gasteiger partial charge on any atom is 0.293 e. The van der Waals surface area contributed by atoms with E-state index in [1.165, 1.54) is 0 Å². The molecule has 0 bridgehead atoms. The molecule has 25 heavy (non-hydrogen) atoms. The number of ether oxygens (including phenoxy) is 1. The molecule has 1 aliphatic rings. The van der Waals surface area contributed by atoms with E-state index in [-0.39, 0.29) is 13.1 Å². The molecule has 1 heterocycles. The van der Waals surface area contributed by atoms with Gasteiger partial charge in [0.05, 0.1) is 11.5 Å². The molecule has 0 aromatic heterocycles. The standard InChI is InChI=1S/C14H21FN4O5S/c1-24-8-7-17-3-2-4-18(6-5-17)25(22,23)14-10-13(19(20)21)12(16)9-11(14)15/h9-10H,2-8,16H2,1H3. The fourth-order valence-corrected chi connectivity index (χ4v) is 4.22. The summed E-state index contributed by atoms with van der Waals surface area (Å²) in [5, 5.41) is 11.0. The van der Waals surface area contributed by atoms with E-state index in [2.05, 4.69) is 4.90 Å². The van der Waals surface area contributed by atoms with E-state index >= 15 is 0 Å². The van der Waals surface area contributed by atoms with Crippen molar-refractivity contribution in [2.24, 2.45) is 0 Å². The maximum absolute atomic E-state index is 14.2. The quantitative estimate of drug-likeness (QED) is 0.440. The number of nitrogens with zero attached hydrogens (tertiary/aromatic N) is 3. The lowest BCUT2D eigenvalue weighted by molar-refractivity contribution is -0.384. The topological polar surface area (TPSA) is 119 Å². The van der Waals surface area contributed by atoms with Crippen LogP contribution in [0, 0.1) is 15.9 Å². The lowest BCUT2D eigenvalue weighted by Crippen LogP contribution is -2.36. The van der Waals surface area contributed by atoms with Crippen molar-refractivity contribution < 1.29 is 22.5 Å². The summed E-state index contributed by atoms with van der Waals surface area (Å²) in [5.74, 6) is -1.09. The van der Waals surface area contributed by atoms with Crippen LogP contribution >= 0.6 is 0 Å². The lowest BCUT2D eigenvalue weighted by atomic mass is 10.2. The highest BCUT2D eigenvalue weighted by atomic mass is 32.2. The average Bonchev–Trinajstić information content (AvgIpc) is 2.78. The largest absolute Gasteiger partial charge is 0.393 e. The number of methoxy groups -OCH3 is 1. The Labute approximate surface area is 145 Å². The minimum atomic E-state index is -4.19. The lowest BCUT2D eigenvalue weighted by Gasteiger charge is -2.21. The Bertz CT molecular complexity index is 743. The number of halogens is 1. The Hall–Kier alpha value is -1.82. The predicted octanol–water partition coefficient (Wildman–Crippen LogP) is 0.659. The summed E-state index contributed by atoms with van der Waals surface area (Å²) in [6, 6.07) is 1.36. The van der Waals surface area contributed by atoms with E-state index in [0.29, 0.717) is 44.8 Å². The third-order valence-electron chi connectivity index (χ3n) is 4.05. The number of nitrogen functional groups attached to an aromatic ring is 1. The van der Waals surface area contributed by atoms with Crippen LogP contribution in [0.5, 0.6) is 0 Å². The van der Waals surface area contributed by atoms with E-state index in [4.69, 9.17) is 10.5 Å². The highest BCUT2D eigenvalue weighted by Gasteiger charge is 2.31. The Balaban J connectivity index is 2.27. The summed E-state index contributed by atoms with van der Waals surface area (Å²) >= 11 is 0. The van der Waals surface area contributed by atoms with Crippen LogP contribution in [-0.2, 0) is 14.8 Å². The molecule has 9 nitrogen and oxygen atoms in total. The van der Waals surface area contributed by atoms with E-state index in [1.807, 2.05) is 0 Å². The second-order valence-electron chi connectivity index (χ2n) is 5.69. The van der Waals surface area contributed by atoms with Crippen LogP contribution in [0.15, 0.2) is 17.0 Å². The monoisotopic (exact) mass is 376 g/mol. The number of hydrogen-bond acceptors (Lipinski definition) is 7. The van der Waals surface area contributed by atoms with Crippen LogP contribution in [0.2, 0.25) is 0 Å². The van der Waals surface area contributed by atoms with Gasteiger partial charge in [-0.2, -0.15) is 4.31 Å². The van der Waals surface area contributed by atoms with Gasteiger partial charge in [-0.15, -0.1) is 0 Å². The first kappa shape index (κ1) is 19.5. The van der Waals surface area contributed by atoms with E-state index < -0.39 is 37.0 Å². The molecule has 1 aromatic rings. The third kappa shape index (κ3) is 4.42. The van der Waals surface area contributed by atoms with Gasteiger partial charge in [0.2, 0.25) is 10.0 Å². The molecular weight excluding hydrogens is 355 g/mol. The zero-order chi connectivity index (χ0) is 18.6. The fourth-order valence-electron chi connectivity index (χ4n) is 2.68. The van der Waals surface area contributed by atoms with Crippen LogP contribution in [0.25, 0.3) is 0 Å². The molecule has 0 saturated carbocycles. The van der Waals surface area contributed by atoms with Gasteiger partial charge in [0.1, 0.15) is 16.4 Å². The van der Waals surface area contributed by atoms with Crippen LogP contribution in [0.3, 0.4) is 0 Å². The zero-order valence-corrected chi connectivity index (χ0v) is 14.7. The fraction of sp³-hybridized carbons (Fsp3) is 0.571. The smallest absolute Gasteiger partial charge is 0.293 e. The van der Waals surface area contributed by atoms with Crippen molar-refractivity contribution in [1.82, 2.24) is 9.21 Å². The number of nitro groups is 1. The van der Waals surface area contributed by atoms with Crippen molar-refractivity contribution in [2.75, 3.05) is 52.2 Å². The number of sulfonamides is 1. The molecule has 0 radical (unpaired) electrons. The average molecular weight is 376 g/mol. The molecule has 0 unspecified atom stereocenters. The minimum Gasteiger partial charge on any atom is -0.393 e. The normalized spacial score (nSPS) is 17.4. The van der Waals surface area contributed by atoms with Gasteiger partial charge in [0.25, 0.3) is 5.69 Å². The Morgan fingerprint density at radius 1 is 1.32 bits per heavy atom. The Morgan fingerprint density at radius 3 is 2.68 bits per heavy atom. The van der Waals surface area contributed by atoms with Gasteiger partial charge in [-0.25, -0.2) is 12.8 Å². The zero-order valence-electron chi connectivity index (χ0n) is 13.9. The molecule has 2 rings (SSSR count). The molecule has 0 aliphatic carbocycles. The van der Waals surface area contributed by atoms with Crippen molar-refractivity contribution in [3.63, 3.8) is 0 Å². The van der Waals surface area contributed by atoms with Crippen molar-refractivity contribution in [1.29, 1.82) is 0 Å². The van der Waals surface area contributed by atoms with Gasteiger partial charge < -0.3 is 10.5 Å². The number of nitro benzene ring substituents is 1. The molecule has 2 N–H and O–H groups in total. The molecule has 140 valence electrons. The predicted molar refractivity (Wildman–Crippen MR) is 89.2 cm³/mol. The van der Waals surface area contributed by atoms with Crippen LogP contribution in [0.4, 0.5) is 15.8 Å². The molecule has 0 spiro atoms. The van der Waals surface area contributed by atoms with Crippen molar-refractivity contribution >= 4 is 21.4 Å². The number of benzene rings is 1. The van der Waals surface area contributed by atoms with E-state index in [0.717, 1.165) is 4.31 Å². The summed E-state index contributed by atoms with van der Waals surface area (Å²) in [6.07, 6.45) is 0.571. The number of anilines is 1.